The van der Waals surface area contributed by atoms with Crippen LogP contribution in [0.4, 0.5) is 14.5 Å². The Morgan fingerprint density at radius 1 is 1.00 bits per heavy atom. The van der Waals surface area contributed by atoms with Crippen LogP contribution in [0, 0.1) is 11.6 Å². The van der Waals surface area contributed by atoms with E-state index < -0.39 is 11.6 Å². The third-order valence-corrected chi connectivity index (χ3v) is 3.82. The van der Waals surface area contributed by atoms with Gasteiger partial charge in [-0.3, -0.25) is 4.99 Å². The summed E-state index contributed by atoms with van der Waals surface area (Å²) in [6, 6.07) is 15.0. The molecule has 3 nitrogen and oxygen atoms in total. The van der Waals surface area contributed by atoms with E-state index in [0.717, 1.165) is 17.7 Å². The molecule has 0 saturated carbocycles. The topological polar surface area (TPSA) is 41.8 Å². The molecule has 0 radical (unpaired) electrons. The Morgan fingerprint density at radius 3 is 2.46 bits per heavy atom. The Morgan fingerprint density at radius 2 is 1.77 bits per heavy atom. The van der Waals surface area contributed by atoms with Gasteiger partial charge in [-0.2, -0.15) is 0 Å². The summed E-state index contributed by atoms with van der Waals surface area (Å²) < 4.78 is 32.0. The maximum absolute atomic E-state index is 13.5. The lowest BCUT2D eigenvalue weighted by atomic mass is 10.2. The Kier molecular flexibility index (Phi) is 5.49. The molecular weight excluding hydrogens is 360 g/mol. The summed E-state index contributed by atoms with van der Waals surface area (Å²) in [4.78, 5) is 4.01. The van der Waals surface area contributed by atoms with Crippen molar-refractivity contribution in [3.63, 3.8) is 0 Å². The number of phenols is 1. The van der Waals surface area contributed by atoms with E-state index in [0.29, 0.717) is 16.3 Å². The van der Waals surface area contributed by atoms with E-state index in [9.17, 15) is 13.9 Å². The first-order chi connectivity index (χ1) is 12.5. The number of hydrogen-bond acceptors (Lipinski definition) is 3. The standard InChI is InChI=1S/C20H14ClF2NO2/c21-15-4-3-14(20(25)9-15)12-26-17-6-1-13(2-7-17)11-24-19-8-5-16(22)10-18(19)23/h1-11,25H,12H2. The molecule has 6 heteroatoms. The van der Waals surface area contributed by atoms with Crippen LogP contribution in [0.25, 0.3) is 0 Å². The van der Waals surface area contributed by atoms with Gasteiger partial charge in [-0.05, 0) is 54.1 Å². The zero-order chi connectivity index (χ0) is 18.5. The van der Waals surface area contributed by atoms with E-state index >= 15 is 0 Å². The van der Waals surface area contributed by atoms with Crippen molar-refractivity contribution in [1.29, 1.82) is 0 Å². The monoisotopic (exact) mass is 373 g/mol. The highest BCUT2D eigenvalue weighted by Gasteiger charge is 2.04. The summed E-state index contributed by atoms with van der Waals surface area (Å²) in [5, 5.41) is 10.2. The second-order valence-corrected chi connectivity index (χ2v) is 5.92. The summed E-state index contributed by atoms with van der Waals surface area (Å²) in [7, 11) is 0. The van der Waals surface area contributed by atoms with E-state index in [-0.39, 0.29) is 18.0 Å². The van der Waals surface area contributed by atoms with Crippen molar-refractivity contribution in [2.75, 3.05) is 0 Å². The summed E-state index contributed by atoms with van der Waals surface area (Å²) in [6.07, 6.45) is 1.48. The van der Waals surface area contributed by atoms with Crippen LogP contribution >= 0.6 is 11.6 Å². The van der Waals surface area contributed by atoms with Gasteiger partial charge in [0.25, 0.3) is 0 Å². The van der Waals surface area contributed by atoms with E-state index in [1.165, 1.54) is 18.3 Å². The molecule has 3 aromatic rings. The van der Waals surface area contributed by atoms with E-state index in [1.54, 1.807) is 36.4 Å². The minimum Gasteiger partial charge on any atom is -0.507 e. The first kappa shape index (κ1) is 17.9. The predicted octanol–water partition coefficient (Wildman–Crippen LogP) is 5.65. The maximum Gasteiger partial charge on any atom is 0.151 e. The van der Waals surface area contributed by atoms with Gasteiger partial charge in [-0.25, -0.2) is 8.78 Å². The Balaban J connectivity index is 1.63. The van der Waals surface area contributed by atoms with E-state index in [1.807, 2.05) is 0 Å². The van der Waals surface area contributed by atoms with Gasteiger partial charge in [0.2, 0.25) is 0 Å². The molecule has 0 unspecified atom stereocenters. The van der Waals surface area contributed by atoms with Crippen LogP contribution in [0.15, 0.2) is 65.7 Å². The van der Waals surface area contributed by atoms with Crippen molar-refractivity contribution >= 4 is 23.5 Å². The van der Waals surface area contributed by atoms with Crippen LogP contribution in [0.2, 0.25) is 5.02 Å². The lowest BCUT2D eigenvalue weighted by Crippen LogP contribution is -1.96. The molecule has 0 aliphatic carbocycles. The summed E-state index contributed by atoms with van der Waals surface area (Å²) in [5.41, 5.74) is 1.41. The zero-order valence-electron chi connectivity index (χ0n) is 13.5. The van der Waals surface area contributed by atoms with Gasteiger partial charge in [0, 0.05) is 22.9 Å². The molecule has 0 saturated heterocycles. The largest absolute Gasteiger partial charge is 0.507 e. The molecule has 0 heterocycles. The fourth-order valence-electron chi connectivity index (χ4n) is 2.20. The third-order valence-electron chi connectivity index (χ3n) is 3.58. The molecule has 3 rings (SSSR count). The van der Waals surface area contributed by atoms with Crippen LogP contribution in [0.3, 0.4) is 0 Å². The maximum atomic E-state index is 13.5. The molecule has 0 bridgehead atoms. The Labute approximate surface area is 154 Å². The summed E-state index contributed by atoms with van der Waals surface area (Å²) >= 11 is 5.79. The highest BCUT2D eigenvalue weighted by Crippen LogP contribution is 2.24. The molecule has 0 aliphatic heterocycles. The highest BCUT2D eigenvalue weighted by molar-refractivity contribution is 6.30. The van der Waals surface area contributed by atoms with Gasteiger partial charge < -0.3 is 9.84 Å². The zero-order valence-corrected chi connectivity index (χ0v) is 14.3. The van der Waals surface area contributed by atoms with Gasteiger partial charge in [0.1, 0.15) is 23.9 Å². The molecule has 0 fully saturated rings. The van der Waals surface area contributed by atoms with Crippen molar-refractivity contribution in [2.45, 2.75) is 6.61 Å². The predicted molar refractivity (Wildman–Crippen MR) is 97.5 cm³/mol. The Bertz CT molecular complexity index is 943. The number of nitrogens with zero attached hydrogens (tertiary/aromatic N) is 1. The first-order valence-electron chi connectivity index (χ1n) is 7.70. The van der Waals surface area contributed by atoms with E-state index in [2.05, 4.69) is 4.99 Å². The lowest BCUT2D eigenvalue weighted by molar-refractivity contribution is 0.299. The number of ether oxygens (including phenoxy) is 1. The van der Waals surface area contributed by atoms with Gasteiger partial charge in [-0.15, -0.1) is 0 Å². The molecule has 0 atom stereocenters. The Hall–Kier alpha value is -2.92. The number of phenolic OH excluding ortho intramolecular Hbond substituents is 1. The van der Waals surface area contributed by atoms with Crippen LogP contribution in [0.5, 0.6) is 11.5 Å². The summed E-state index contributed by atoms with van der Waals surface area (Å²) in [6.45, 7) is 0.192. The van der Waals surface area contributed by atoms with Gasteiger partial charge in [0.15, 0.2) is 5.82 Å². The van der Waals surface area contributed by atoms with Crippen LogP contribution in [-0.2, 0) is 6.61 Å². The highest BCUT2D eigenvalue weighted by atomic mass is 35.5. The fourth-order valence-corrected chi connectivity index (χ4v) is 2.37. The van der Waals surface area contributed by atoms with Crippen LogP contribution in [0.1, 0.15) is 11.1 Å². The molecule has 0 spiro atoms. The van der Waals surface area contributed by atoms with Gasteiger partial charge in [-0.1, -0.05) is 17.7 Å². The summed E-state index contributed by atoms with van der Waals surface area (Å²) in [5.74, 6) is -0.689. The molecular formula is C20H14ClF2NO2. The lowest BCUT2D eigenvalue weighted by Gasteiger charge is -2.08. The number of benzene rings is 3. The average Bonchev–Trinajstić information content (AvgIpc) is 2.61. The average molecular weight is 374 g/mol. The SMILES string of the molecule is Oc1cc(Cl)ccc1COc1ccc(C=Nc2ccc(F)cc2F)cc1. The number of aliphatic imine (C=N–C) groups is 1. The molecule has 0 amide bonds. The van der Waals surface area contributed by atoms with E-state index in [4.69, 9.17) is 16.3 Å². The second kappa shape index (κ2) is 7.97. The molecule has 0 aromatic heterocycles. The van der Waals surface area contributed by atoms with Gasteiger partial charge in [0.05, 0.1) is 5.69 Å². The smallest absolute Gasteiger partial charge is 0.151 e. The molecule has 26 heavy (non-hydrogen) atoms. The normalized spacial score (nSPS) is 11.0. The van der Waals surface area contributed by atoms with Crippen molar-refractivity contribution < 1.29 is 18.6 Å². The van der Waals surface area contributed by atoms with Crippen molar-refractivity contribution in [3.8, 4) is 11.5 Å². The fraction of sp³-hybridized carbons (Fsp3) is 0.0500. The van der Waals surface area contributed by atoms with Crippen molar-refractivity contribution in [1.82, 2.24) is 0 Å². The van der Waals surface area contributed by atoms with Crippen LogP contribution < -0.4 is 4.74 Å². The number of rotatable bonds is 5. The number of hydrogen-bond donors (Lipinski definition) is 1. The number of halogens is 3. The van der Waals surface area contributed by atoms with Gasteiger partial charge >= 0.3 is 0 Å². The van der Waals surface area contributed by atoms with Crippen molar-refractivity contribution in [2.24, 2.45) is 4.99 Å². The molecule has 0 aliphatic rings. The van der Waals surface area contributed by atoms with Crippen molar-refractivity contribution in [3.05, 3.63) is 88.4 Å². The number of aromatic hydroxyl groups is 1. The minimum atomic E-state index is -0.719. The quantitative estimate of drug-likeness (QED) is 0.587. The van der Waals surface area contributed by atoms with Crippen LogP contribution in [-0.4, -0.2) is 11.3 Å². The second-order valence-electron chi connectivity index (χ2n) is 5.48. The minimum absolute atomic E-state index is 0.0601. The molecule has 132 valence electrons. The molecule has 1 N–H and O–H groups in total. The first-order valence-corrected chi connectivity index (χ1v) is 8.08. The third kappa shape index (κ3) is 4.58. The molecule has 3 aromatic carbocycles.